The number of nitrogens with zero attached hydrogens (tertiary/aromatic N) is 3. The number of amidine groups is 1. The van der Waals surface area contributed by atoms with Crippen molar-refractivity contribution in [2.45, 2.75) is 25.4 Å². The number of aliphatic imine (C=N–C) groups is 2. The Hall–Kier alpha value is -3.89. The molecule has 1 N–H and O–H groups in total. The zero-order chi connectivity index (χ0) is 24.7. The average molecular weight is 478 g/mol. The van der Waals surface area contributed by atoms with Gasteiger partial charge in [0, 0.05) is 11.4 Å². The van der Waals surface area contributed by atoms with Gasteiger partial charge in [0.15, 0.2) is 11.9 Å². The molecule has 0 aromatic heterocycles. The highest BCUT2D eigenvalue weighted by atomic mass is 19.4. The molecule has 0 spiro atoms. The smallest absolute Gasteiger partial charge is 0.359 e. The van der Waals surface area contributed by atoms with Crippen LogP contribution >= 0.6 is 0 Å². The fourth-order valence-corrected chi connectivity index (χ4v) is 3.38. The van der Waals surface area contributed by atoms with Gasteiger partial charge in [0.05, 0.1) is 16.8 Å². The number of halogens is 6. The van der Waals surface area contributed by atoms with E-state index in [1.54, 1.807) is 25.2 Å². The molecule has 1 amide bonds. The summed E-state index contributed by atoms with van der Waals surface area (Å²) in [5.74, 6) is -0.270. The summed E-state index contributed by atoms with van der Waals surface area (Å²) in [4.78, 5) is 23.3. The quantitative estimate of drug-likeness (QED) is 0.555. The molecule has 2 heterocycles. The second-order valence-corrected chi connectivity index (χ2v) is 7.46. The highest BCUT2D eigenvalue weighted by Gasteiger charge is 2.37. The van der Waals surface area contributed by atoms with Crippen LogP contribution in [-0.2, 0) is 17.1 Å². The van der Waals surface area contributed by atoms with Gasteiger partial charge in [-0.2, -0.15) is 26.3 Å². The van der Waals surface area contributed by atoms with E-state index >= 15 is 0 Å². The summed E-state index contributed by atoms with van der Waals surface area (Å²) in [5.41, 5.74) is -0.957. The molecule has 0 saturated heterocycles. The lowest BCUT2D eigenvalue weighted by Crippen LogP contribution is -2.50. The maximum Gasteiger partial charge on any atom is 0.416 e. The Bertz CT molecular complexity index is 1220. The van der Waals surface area contributed by atoms with Crippen LogP contribution in [0.4, 0.5) is 37.7 Å². The first-order chi connectivity index (χ1) is 15.9. The number of hydrogen-bond donors (Lipinski definition) is 1. The fourth-order valence-electron chi connectivity index (χ4n) is 3.38. The van der Waals surface area contributed by atoms with Crippen molar-refractivity contribution in [3.05, 3.63) is 83.6 Å². The highest BCUT2D eigenvalue weighted by molar-refractivity contribution is 6.46. The van der Waals surface area contributed by atoms with Gasteiger partial charge in [0.1, 0.15) is 5.84 Å². The van der Waals surface area contributed by atoms with Crippen LogP contribution in [0.1, 0.15) is 18.1 Å². The van der Waals surface area contributed by atoms with Crippen LogP contribution in [-0.4, -0.2) is 28.5 Å². The van der Waals surface area contributed by atoms with Crippen molar-refractivity contribution in [1.29, 1.82) is 0 Å². The Balaban J connectivity index is 1.71. The van der Waals surface area contributed by atoms with Gasteiger partial charge in [-0.25, -0.2) is 9.98 Å². The van der Waals surface area contributed by atoms with Gasteiger partial charge < -0.3 is 5.32 Å². The summed E-state index contributed by atoms with van der Waals surface area (Å²) >= 11 is 0. The first-order valence-corrected chi connectivity index (χ1v) is 9.90. The molecule has 0 aliphatic carbocycles. The van der Waals surface area contributed by atoms with Crippen molar-refractivity contribution in [1.82, 2.24) is 4.90 Å². The van der Waals surface area contributed by atoms with Crippen molar-refractivity contribution in [3.63, 3.8) is 0 Å². The maximum atomic E-state index is 13.3. The third-order valence-electron chi connectivity index (χ3n) is 5.07. The minimum Gasteiger partial charge on any atom is -0.359 e. The largest absolute Gasteiger partial charge is 0.416 e. The van der Waals surface area contributed by atoms with Gasteiger partial charge in [-0.3, -0.25) is 9.69 Å². The number of benzene rings is 2. The number of alkyl halides is 6. The van der Waals surface area contributed by atoms with Crippen molar-refractivity contribution < 1.29 is 31.1 Å². The Morgan fingerprint density at radius 2 is 1.47 bits per heavy atom. The number of fused-ring (bicyclic) bond motifs is 1. The van der Waals surface area contributed by atoms with E-state index in [9.17, 15) is 31.1 Å². The molecule has 2 aliphatic rings. The lowest BCUT2D eigenvalue weighted by molar-refractivity contribution is -0.138. The standard InChI is InChI=1S/C23H16F6N4O/c1-13-3-2-4-18-32-20(31-17-11-7-15(8-12-17)23(27,28)29)19(21(34)33(13)18)30-16-9-5-14(6-10-16)22(24,25)26/h2-12,20,31H,1H3. The number of allylic oxidation sites excluding steroid dienone is 3. The summed E-state index contributed by atoms with van der Waals surface area (Å²) in [6.45, 7) is 1.68. The van der Waals surface area contributed by atoms with Gasteiger partial charge in [0.2, 0.25) is 0 Å². The lowest BCUT2D eigenvalue weighted by atomic mass is 10.1. The van der Waals surface area contributed by atoms with E-state index in [0.29, 0.717) is 11.5 Å². The average Bonchev–Trinajstić information content (AvgIpc) is 2.76. The van der Waals surface area contributed by atoms with Crippen molar-refractivity contribution >= 4 is 28.8 Å². The molecular formula is C23H16F6N4O. The Kier molecular flexibility index (Phi) is 5.80. The van der Waals surface area contributed by atoms with Crippen LogP contribution in [0.25, 0.3) is 0 Å². The van der Waals surface area contributed by atoms with Crippen LogP contribution in [0.15, 0.2) is 82.4 Å². The van der Waals surface area contributed by atoms with Gasteiger partial charge in [0.25, 0.3) is 5.91 Å². The molecule has 5 nitrogen and oxygen atoms in total. The third kappa shape index (κ3) is 4.73. The van der Waals surface area contributed by atoms with E-state index in [-0.39, 0.29) is 17.1 Å². The minimum absolute atomic E-state index is 0.0865. The predicted molar refractivity (Wildman–Crippen MR) is 115 cm³/mol. The molecule has 0 saturated carbocycles. The molecular weight excluding hydrogens is 462 g/mol. The topological polar surface area (TPSA) is 57.1 Å². The number of nitrogens with one attached hydrogen (secondary N) is 1. The van der Waals surface area contributed by atoms with E-state index in [1.807, 2.05) is 0 Å². The van der Waals surface area contributed by atoms with Gasteiger partial charge in [-0.1, -0.05) is 6.08 Å². The number of anilines is 1. The summed E-state index contributed by atoms with van der Waals surface area (Å²) in [6, 6.07) is 8.07. The van der Waals surface area contributed by atoms with Gasteiger partial charge in [-0.05, 0) is 67.6 Å². The van der Waals surface area contributed by atoms with E-state index in [2.05, 4.69) is 15.3 Å². The number of rotatable bonds is 3. The van der Waals surface area contributed by atoms with Crippen LogP contribution in [0.3, 0.4) is 0 Å². The molecule has 2 aromatic rings. The second kappa shape index (κ2) is 8.47. The third-order valence-corrected chi connectivity index (χ3v) is 5.07. The lowest BCUT2D eigenvalue weighted by Gasteiger charge is -2.33. The van der Waals surface area contributed by atoms with Crippen LogP contribution in [0, 0.1) is 0 Å². The van der Waals surface area contributed by atoms with Crippen molar-refractivity contribution in [2.75, 3.05) is 5.32 Å². The maximum absolute atomic E-state index is 13.3. The molecule has 0 radical (unpaired) electrons. The van der Waals surface area contributed by atoms with Crippen LogP contribution in [0.5, 0.6) is 0 Å². The van der Waals surface area contributed by atoms with Crippen molar-refractivity contribution in [2.24, 2.45) is 9.98 Å². The monoisotopic (exact) mass is 478 g/mol. The predicted octanol–water partition coefficient (Wildman–Crippen LogP) is 5.95. The second-order valence-electron chi connectivity index (χ2n) is 7.46. The SMILES string of the molecule is CC1=CC=CC2=NC(Nc3ccc(C(F)(F)F)cc3)C(=Nc3ccc(C(F)(F)F)cc3)C(=O)N12. The summed E-state index contributed by atoms with van der Waals surface area (Å²) in [6.07, 6.45) is -5.18. The Labute approximate surface area is 189 Å². The zero-order valence-corrected chi connectivity index (χ0v) is 17.4. The first kappa shape index (κ1) is 23.3. The molecule has 1 unspecified atom stereocenters. The first-order valence-electron chi connectivity index (χ1n) is 9.90. The molecule has 176 valence electrons. The van der Waals surface area contributed by atoms with Crippen molar-refractivity contribution in [3.8, 4) is 0 Å². The van der Waals surface area contributed by atoms with E-state index in [4.69, 9.17) is 0 Å². The summed E-state index contributed by atoms with van der Waals surface area (Å²) < 4.78 is 77.2. The molecule has 2 aromatic carbocycles. The summed E-state index contributed by atoms with van der Waals surface area (Å²) in [7, 11) is 0. The number of carbonyl (C=O) groups is 1. The Morgan fingerprint density at radius 3 is 2.03 bits per heavy atom. The molecule has 0 bridgehead atoms. The molecule has 2 aliphatic heterocycles. The number of carbonyl (C=O) groups excluding carboxylic acids is 1. The van der Waals surface area contributed by atoms with Crippen LogP contribution < -0.4 is 5.32 Å². The molecule has 11 heteroatoms. The zero-order valence-electron chi connectivity index (χ0n) is 17.4. The van der Waals surface area contributed by atoms with Gasteiger partial charge >= 0.3 is 12.4 Å². The normalized spacial score (nSPS) is 19.6. The molecule has 4 rings (SSSR count). The summed E-state index contributed by atoms with van der Waals surface area (Å²) in [5, 5.41) is 2.88. The molecule has 34 heavy (non-hydrogen) atoms. The fraction of sp³-hybridized carbons (Fsp3) is 0.174. The van der Waals surface area contributed by atoms with Gasteiger partial charge in [-0.15, -0.1) is 0 Å². The number of hydrogen-bond acceptors (Lipinski definition) is 4. The Morgan fingerprint density at radius 1 is 0.912 bits per heavy atom. The molecule has 0 fully saturated rings. The minimum atomic E-state index is -4.53. The highest BCUT2D eigenvalue weighted by Crippen LogP contribution is 2.32. The van der Waals surface area contributed by atoms with Crippen LogP contribution in [0.2, 0.25) is 0 Å². The number of amides is 1. The van der Waals surface area contributed by atoms with E-state index in [0.717, 1.165) is 36.4 Å². The van der Waals surface area contributed by atoms with E-state index < -0.39 is 35.6 Å². The molecule has 1 atom stereocenters. The van der Waals surface area contributed by atoms with E-state index in [1.165, 1.54) is 17.0 Å².